The Labute approximate surface area is 147 Å². The number of fused-ring (bicyclic) bond motifs is 2. The van der Waals surface area contributed by atoms with Crippen molar-refractivity contribution in [1.82, 2.24) is 19.8 Å². The molecule has 2 aliphatic rings. The van der Waals surface area contributed by atoms with Gasteiger partial charge in [-0.25, -0.2) is 4.98 Å². The van der Waals surface area contributed by atoms with Crippen LogP contribution < -0.4 is 0 Å². The highest BCUT2D eigenvalue weighted by Gasteiger charge is 2.48. The van der Waals surface area contributed by atoms with Crippen LogP contribution in [-0.4, -0.2) is 62.7 Å². The van der Waals surface area contributed by atoms with Gasteiger partial charge in [-0.05, 0) is 25.0 Å². The van der Waals surface area contributed by atoms with Crippen LogP contribution in [0.1, 0.15) is 44.5 Å². The number of hydrogen-bond acceptors (Lipinski definition) is 4. The molecular weight excluding hydrogens is 324 g/mol. The second kappa shape index (κ2) is 7.17. The van der Waals surface area contributed by atoms with Gasteiger partial charge < -0.3 is 14.8 Å². The van der Waals surface area contributed by atoms with Crippen LogP contribution >= 0.6 is 11.8 Å². The van der Waals surface area contributed by atoms with E-state index in [0.29, 0.717) is 18.8 Å². The molecule has 0 radical (unpaired) electrons. The van der Waals surface area contributed by atoms with Gasteiger partial charge in [0.1, 0.15) is 0 Å². The molecule has 2 aliphatic heterocycles. The van der Waals surface area contributed by atoms with E-state index in [2.05, 4.69) is 16.9 Å². The first-order valence-electron chi connectivity index (χ1n) is 8.75. The molecule has 1 aromatic rings. The third kappa shape index (κ3) is 3.06. The van der Waals surface area contributed by atoms with Crippen LogP contribution in [-0.2, 0) is 21.5 Å². The van der Waals surface area contributed by atoms with Crippen molar-refractivity contribution in [2.75, 3.05) is 31.1 Å². The zero-order valence-corrected chi connectivity index (χ0v) is 15.3. The average molecular weight is 350 g/mol. The predicted molar refractivity (Wildman–Crippen MR) is 94.8 cm³/mol. The summed E-state index contributed by atoms with van der Waals surface area (Å²) in [5, 5.41) is 0. The highest BCUT2D eigenvalue weighted by Crippen LogP contribution is 2.42. The summed E-state index contributed by atoms with van der Waals surface area (Å²) in [4.78, 5) is 36.2. The van der Waals surface area contributed by atoms with Crippen molar-refractivity contribution in [3.05, 3.63) is 17.7 Å². The lowest BCUT2D eigenvalue weighted by Crippen LogP contribution is -2.58. The fourth-order valence-electron chi connectivity index (χ4n) is 3.96. The van der Waals surface area contributed by atoms with Gasteiger partial charge in [0, 0.05) is 38.7 Å². The fourth-order valence-corrected chi connectivity index (χ4v) is 4.75. The zero-order chi connectivity index (χ0) is 17.2. The number of aromatic nitrogens is 2. The Morgan fingerprint density at radius 2 is 2.08 bits per heavy atom. The van der Waals surface area contributed by atoms with Crippen molar-refractivity contribution in [2.24, 2.45) is 0 Å². The number of imidazole rings is 1. The lowest BCUT2D eigenvalue weighted by Gasteiger charge is -2.50. The van der Waals surface area contributed by atoms with Crippen molar-refractivity contribution in [2.45, 2.75) is 45.1 Å². The number of amides is 2. The second-order valence-electron chi connectivity index (χ2n) is 6.62. The minimum Gasteiger partial charge on any atom is -0.348 e. The number of piperidine rings is 1. The molecule has 1 aromatic heterocycles. The molecule has 7 heteroatoms. The van der Waals surface area contributed by atoms with Crippen LogP contribution in [0.2, 0.25) is 0 Å². The van der Waals surface area contributed by atoms with E-state index < -0.39 is 0 Å². The average Bonchev–Trinajstić information content (AvgIpc) is 3.05. The molecule has 0 bridgehead atoms. The quantitative estimate of drug-likeness (QED) is 0.841. The molecule has 1 fully saturated rings. The fraction of sp³-hybridized carbons (Fsp3) is 0.706. The first kappa shape index (κ1) is 17.3. The summed E-state index contributed by atoms with van der Waals surface area (Å²) in [5.41, 5.74) is 1.81. The largest absolute Gasteiger partial charge is 0.348 e. The van der Waals surface area contributed by atoms with Crippen molar-refractivity contribution >= 4 is 23.6 Å². The Balaban J connectivity index is 1.73. The van der Waals surface area contributed by atoms with Gasteiger partial charge >= 0.3 is 0 Å². The number of nitrogens with zero attached hydrogens (tertiary/aromatic N) is 3. The summed E-state index contributed by atoms with van der Waals surface area (Å²) in [6.45, 7) is 5.88. The Morgan fingerprint density at radius 3 is 2.75 bits per heavy atom. The van der Waals surface area contributed by atoms with E-state index in [-0.39, 0.29) is 17.4 Å². The number of H-pyrrole nitrogens is 1. The number of rotatable bonds is 4. The van der Waals surface area contributed by atoms with E-state index >= 15 is 0 Å². The van der Waals surface area contributed by atoms with E-state index in [0.717, 1.165) is 49.4 Å². The maximum absolute atomic E-state index is 12.4. The monoisotopic (exact) mass is 350 g/mol. The number of nitrogens with one attached hydrogen (secondary N) is 1. The Bertz CT molecular complexity index is 607. The molecule has 0 atom stereocenters. The summed E-state index contributed by atoms with van der Waals surface area (Å²) in [6.07, 6.45) is 5.20. The van der Waals surface area contributed by atoms with Gasteiger partial charge in [0.25, 0.3) is 0 Å². The van der Waals surface area contributed by atoms with Crippen LogP contribution in [0.5, 0.6) is 0 Å². The van der Waals surface area contributed by atoms with Gasteiger partial charge in [-0.1, -0.05) is 6.92 Å². The van der Waals surface area contributed by atoms with Crippen LogP contribution in [0.4, 0.5) is 0 Å². The number of likely N-dealkylation sites (tertiary alicyclic amines) is 1. The lowest BCUT2D eigenvalue weighted by molar-refractivity contribution is -0.141. The van der Waals surface area contributed by atoms with Crippen molar-refractivity contribution in [3.63, 3.8) is 0 Å². The van der Waals surface area contributed by atoms with Gasteiger partial charge in [-0.2, -0.15) is 11.8 Å². The molecule has 24 heavy (non-hydrogen) atoms. The molecule has 0 aliphatic carbocycles. The molecule has 2 amide bonds. The first-order valence-corrected chi connectivity index (χ1v) is 9.90. The molecule has 1 spiro atoms. The standard InChI is InChI=1S/C17H26N4O2S/c1-3-10-24-11-15(23)20-8-5-17(6-9-20)16-14(18-12-19-16)4-7-21(17)13(2)22/h12H,3-11H2,1-2H3,(H,18,19). The Hall–Kier alpha value is -1.50. The first-order chi connectivity index (χ1) is 11.6. The van der Waals surface area contributed by atoms with Crippen LogP contribution in [0, 0.1) is 0 Å². The van der Waals surface area contributed by atoms with E-state index in [4.69, 9.17) is 0 Å². The molecule has 0 unspecified atom stereocenters. The Morgan fingerprint density at radius 1 is 1.33 bits per heavy atom. The third-order valence-corrected chi connectivity index (χ3v) is 6.31. The molecule has 1 saturated heterocycles. The highest BCUT2D eigenvalue weighted by atomic mass is 32.2. The third-order valence-electron chi connectivity index (χ3n) is 5.16. The molecule has 0 aromatic carbocycles. The van der Waals surface area contributed by atoms with E-state index in [1.165, 1.54) is 0 Å². The number of carbonyl (C=O) groups is 2. The van der Waals surface area contributed by atoms with Crippen molar-refractivity contribution < 1.29 is 9.59 Å². The second-order valence-corrected chi connectivity index (χ2v) is 7.72. The summed E-state index contributed by atoms with van der Waals surface area (Å²) < 4.78 is 0. The summed E-state index contributed by atoms with van der Waals surface area (Å²) >= 11 is 1.70. The summed E-state index contributed by atoms with van der Waals surface area (Å²) in [6, 6.07) is 0. The number of hydrogen-bond donors (Lipinski definition) is 1. The molecule has 132 valence electrons. The normalized spacial score (nSPS) is 19.4. The van der Waals surface area contributed by atoms with Crippen LogP contribution in [0.15, 0.2) is 6.33 Å². The molecule has 1 N–H and O–H groups in total. The molecular formula is C17H26N4O2S. The number of thioether (sulfide) groups is 1. The lowest BCUT2D eigenvalue weighted by atomic mass is 9.78. The minimum absolute atomic E-state index is 0.0990. The van der Waals surface area contributed by atoms with Crippen molar-refractivity contribution in [1.29, 1.82) is 0 Å². The van der Waals surface area contributed by atoms with Crippen molar-refractivity contribution in [3.8, 4) is 0 Å². The van der Waals surface area contributed by atoms with Crippen LogP contribution in [0.3, 0.4) is 0 Å². The van der Waals surface area contributed by atoms with Gasteiger partial charge in [0.05, 0.1) is 23.3 Å². The highest BCUT2D eigenvalue weighted by molar-refractivity contribution is 7.99. The maximum atomic E-state index is 12.4. The Kier molecular flexibility index (Phi) is 5.18. The van der Waals surface area contributed by atoms with Gasteiger partial charge in [0.15, 0.2) is 0 Å². The molecule has 6 nitrogen and oxygen atoms in total. The number of aromatic amines is 1. The summed E-state index contributed by atoms with van der Waals surface area (Å²) in [7, 11) is 0. The smallest absolute Gasteiger partial charge is 0.232 e. The molecule has 3 heterocycles. The summed E-state index contributed by atoms with van der Waals surface area (Å²) in [5.74, 6) is 1.90. The molecule has 0 saturated carbocycles. The predicted octanol–water partition coefficient (Wildman–Crippen LogP) is 1.78. The van der Waals surface area contributed by atoms with Crippen LogP contribution in [0.25, 0.3) is 0 Å². The van der Waals surface area contributed by atoms with Gasteiger partial charge in [-0.15, -0.1) is 0 Å². The topological polar surface area (TPSA) is 69.3 Å². The zero-order valence-electron chi connectivity index (χ0n) is 14.5. The maximum Gasteiger partial charge on any atom is 0.232 e. The van der Waals surface area contributed by atoms with E-state index in [1.807, 2.05) is 9.80 Å². The van der Waals surface area contributed by atoms with Gasteiger partial charge in [0.2, 0.25) is 11.8 Å². The van der Waals surface area contributed by atoms with E-state index in [1.54, 1.807) is 25.0 Å². The van der Waals surface area contributed by atoms with Gasteiger partial charge in [-0.3, -0.25) is 9.59 Å². The van der Waals surface area contributed by atoms with E-state index in [9.17, 15) is 9.59 Å². The molecule has 3 rings (SSSR count). The SMILES string of the molecule is CCCSCC(=O)N1CCC2(CC1)c1nc[nH]c1CCN2C(C)=O. The number of carbonyl (C=O) groups excluding carboxylic acids is 2. The minimum atomic E-state index is -0.341.